The van der Waals surface area contributed by atoms with Crippen molar-refractivity contribution in [3.8, 4) is 0 Å². The van der Waals surface area contributed by atoms with E-state index in [2.05, 4.69) is 21.2 Å². The van der Waals surface area contributed by atoms with Crippen LogP contribution in [0, 0.1) is 0 Å². The fraction of sp³-hybridized carbons (Fsp3) is 0.176. The maximum Gasteiger partial charge on any atom is 0.408 e. The molecule has 1 amide bonds. The molecule has 0 aromatic heterocycles. The predicted molar refractivity (Wildman–Crippen MR) is 94.0 cm³/mol. The Balaban J connectivity index is 1.95. The molecule has 2 aromatic rings. The van der Waals surface area contributed by atoms with Gasteiger partial charge in [-0.05, 0) is 23.3 Å². The molecule has 0 saturated carbocycles. The molecule has 126 valence electrons. The van der Waals surface area contributed by atoms with Crippen molar-refractivity contribution in [2.24, 2.45) is 0 Å². The van der Waals surface area contributed by atoms with E-state index in [4.69, 9.17) is 16.3 Å². The first-order valence-corrected chi connectivity index (χ1v) is 8.27. The Hall–Kier alpha value is -2.05. The molecule has 7 heteroatoms. The molecule has 0 fully saturated rings. The lowest BCUT2D eigenvalue weighted by Gasteiger charge is -2.15. The van der Waals surface area contributed by atoms with Crippen LogP contribution in [-0.2, 0) is 22.6 Å². The first kappa shape index (κ1) is 18.3. The Labute approximate surface area is 152 Å². The minimum Gasteiger partial charge on any atom is -0.480 e. The van der Waals surface area contributed by atoms with Gasteiger partial charge in [-0.3, -0.25) is 0 Å². The summed E-state index contributed by atoms with van der Waals surface area (Å²) in [5, 5.41) is 12.1. The number of hydrogen-bond donors (Lipinski definition) is 2. The maximum atomic E-state index is 11.8. The van der Waals surface area contributed by atoms with Crippen LogP contribution in [0.1, 0.15) is 11.1 Å². The Morgan fingerprint density at radius 3 is 2.54 bits per heavy atom. The number of benzene rings is 2. The summed E-state index contributed by atoms with van der Waals surface area (Å²) in [6.45, 7) is 0.0675. The highest BCUT2D eigenvalue weighted by atomic mass is 79.9. The van der Waals surface area contributed by atoms with E-state index < -0.39 is 18.1 Å². The summed E-state index contributed by atoms with van der Waals surface area (Å²) in [5.41, 5.74) is 1.44. The highest BCUT2D eigenvalue weighted by Gasteiger charge is 2.22. The van der Waals surface area contributed by atoms with E-state index >= 15 is 0 Å². The molecular weight excluding hydrogens is 398 g/mol. The second-order valence-corrected chi connectivity index (χ2v) is 6.36. The first-order chi connectivity index (χ1) is 11.5. The lowest BCUT2D eigenvalue weighted by atomic mass is 10.1. The summed E-state index contributed by atoms with van der Waals surface area (Å²) in [7, 11) is 0. The molecule has 1 unspecified atom stereocenters. The zero-order valence-electron chi connectivity index (χ0n) is 12.5. The zero-order chi connectivity index (χ0) is 17.5. The van der Waals surface area contributed by atoms with Gasteiger partial charge in [0.25, 0.3) is 0 Å². The Kier molecular flexibility index (Phi) is 6.63. The molecule has 0 heterocycles. The van der Waals surface area contributed by atoms with Gasteiger partial charge in [0.05, 0.1) is 0 Å². The van der Waals surface area contributed by atoms with Crippen molar-refractivity contribution in [2.75, 3.05) is 0 Å². The Morgan fingerprint density at radius 2 is 1.92 bits per heavy atom. The summed E-state index contributed by atoms with van der Waals surface area (Å²) >= 11 is 9.37. The van der Waals surface area contributed by atoms with Gasteiger partial charge >= 0.3 is 12.1 Å². The Bertz CT molecular complexity index is 724. The molecule has 0 spiro atoms. The molecule has 0 aliphatic carbocycles. The van der Waals surface area contributed by atoms with Crippen molar-refractivity contribution in [3.05, 3.63) is 69.2 Å². The topological polar surface area (TPSA) is 75.6 Å². The first-order valence-electron chi connectivity index (χ1n) is 7.09. The van der Waals surface area contributed by atoms with E-state index in [1.807, 2.05) is 30.3 Å². The number of carbonyl (C=O) groups is 2. The SMILES string of the molecule is O=C(NC(Cc1ccc(Br)cc1Cl)C(=O)O)OCc1ccccc1. The molecule has 0 aliphatic heterocycles. The largest absolute Gasteiger partial charge is 0.480 e. The molecule has 0 aliphatic rings. The highest BCUT2D eigenvalue weighted by molar-refractivity contribution is 9.10. The number of ether oxygens (including phenoxy) is 1. The maximum absolute atomic E-state index is 11.8. The van der Waals surface area contributed by atoms with E-state index in [0.29, 0.717) is 10.6 Å². The summed E-state index contributed by atoms with van der Waals surface area (Å²) in [4.78, 5) is 23.2. The molecule has 2 N–H and O–H groups in total. The van der Waals surface area contributed by atoms with Gasteiger partial charge in [-0.2, -0.15) is 0 Å². The molecule has 2 aromatic carbocycles. The van der Waals surface area contributed by atoms with Crippen molar-refractivity contribution in [1.29, 1.82) is 0 Å². The standard InChI is InChI=1S/C17H15BrClNO4/c18-13-7-6-12(14(19)9-13)8-15(16(21)22)20-17(23)24-10-11-4-2-1-3-5-11/h1-7,9,15H,8,10H2,(H,20,23)(H,21,22). The van der Waals surface area contributed by atoms with E-state index in [1.165, 1.54) is 0 Å². The van der Waals surface area contributed by atoms with Gasteiger partial charge < -0.3 is 15.2 Å². The van der Waals surface area contributed by atoms with Crippen LogP contribution in [0.25, 0.3) is 0 Å². The number of nitrogens with one attached hydrogen (secondary N) is 1. The number of carbonyl (C=O) groups excluding carboxylic acids is 1. The fourth-order valence-electron chi connectivity index (χ4n) is 2.01. The lowest BCUT2D eigenvalue weighted by molar-refractivity contribution is -0.139. The molecule has 1 atom stereocenters. The second-order valence-electron chi connectivity index (χ2n) is 5.04. The lowest BCUT2D eigenvalue weighted by Crippen LogP contribution is -2.42. The minimum atomic E-state index is -1.16. The van der Waals surface area contributed by atoms with E-state index in [9.17, 15) is 14.7 Å². The average molecular weight is 413 g/mol. The van der Waals surface area contributed by atoms with Gasteiger partial charge in [0.15, 0.2) is 0 Å². The third-order valence-corrected chi connectivity index (χ3v) is 4.09. The smallest absolute Gasteiger partial charge is 0.408 e. The fourth-order valence-corrected chi connectivity index (χ4v) is 2.76. The molecule has 2 rings (SSSR count). The van der Waals surface area contributed by atoms with E-state index in [1.54, 1.807) is 18.2 Å². The average Bonchev–Trinajstić information content (AvgIpc) is 2.55. The van der Waals surface area contributed by atoms with Crippen molar-refractivity contribution in [3.63, 3.8) is 0 Å². The van der Waals surface area contributed by atoms with Crippen LogP contribution in [-0.4, -0.2) is 23.2 Å². The van der Waals surface area contributed by atoms with Crippen LogP contribution in [0.2, 0.25) is 5.02 Å². The van der Waals surface area contributed by atoms with Gasteiger partial charge in [-0.15, -0.1) is 0 Å². The van der Waals surface area contributed by atoms with Gasteiger partial charge in [0.1, 0.15) is 12.6 Å². The predicted octanol–water partition coefficient (Wildman–Crippen LogP) is 4.02. The van der Waals surface area contributed by atoms with Crippen molar-refractivity contribution in [2.45, 2.75) is 19.1 Å². The summed E-state index contributed by atoms with van der Waals surface area (Å²) in [6.07, 6.45) is -0.735. The van der Waals surface area contributed by atoms with Gasteiger partial charge in [-0.1, -0.05) is 63.9 Å². The molecule has 0 radical (unpaired) electrons. The normalized spacial score (nSPS) is 11.6. The quantitative estimate of drug-likeness (QED) is 0.751. The van der Waals surface area contributed by atoms with Gasteiger partial charge in [-0.25, -0.2) is 9.59 Å². The third kappa shape index (κ3) is 5.54. The van der Waals surface area contributed by atoms with Gasteiger partial charge in [0, 0.05) is 15.9 Å². The molecule has 24 heavy (non-hydrogen) atoms. The van der Waals surface area contributed by atoms with Crippen molar-refractivity contribution >= 4 is 39.6 Å². The third-order valence-electron chi connectivity index (χ3n) is 3.24. The van der Waals surface area contributed by atoms with E-state index in [0.717, 1.165) is 10.0 Å². The number of hydrogen-bond acceptors (Lipinski definition) is 3. The van der Waals surface area contributed by atoms with Crippen LogP contribution in [0.15, 0.2) is 53.0 Å². The Morgan fingerprint density at radius 1 is 1.21 bits per heavy atom. The van der Waals surface area contributed by atoms with Gasteiger partial charge in [0.2, 0.25) is 0 Å². The highest BCUT2D eigenvalue weighted by Crippen LogP contribution is 2.22. The second kappa shape index (κ2) is 8.70. The number of alkyl carbamates (subject to hydrolysis) is 1. The molecule has 0 bridgehead atoms. The number of carboxylic acids is 1. The summed E-state index contributed by atoms with van der Waals surface area (Å²) in [5.74, 6) is -1.16. The van der Waals surface area contributed by atoms with Crippen molar-refractivity contribution in [1.82, 2.24) is 5.32 Å². The summed E-state index contributed by atoms with van der Waals surface area (Å²) in [6, 6.07) is 13.1. The molecule has 0 saturated heterocycles. The zero-order valence-corrected chi connectivity index (χ0v) is 14.9. The number of carboxylic acid groups (broad SMARTS) is 1. The summed E-state index contributed by atoms with van der Waals surface area (Å²) < 4.78 is 5.83. The van der Waals surface area contributed by atoms with E-state index in [-0.39, 0.29) is 13.0 Å². The number of amides is 1. The van der Waals surface area contributed by atoms with Crippen LogP contribution in [0.5, 0.6) is 0 Å². The number of halogens is 2. The molecular formula is C17H15BrClNO4. The van der Waals surface area contributed by atoms with Crippen molar-refractivity contribution < 1.29 is 19.4 Å². The van der Waals surface area contributed by atoms with Crippen LogP contribution in [0.4, 0.5) is 4.79 Å². The monoisotopic (exact) mass is 411 g/mol. The number of rotatable bonds is 6. The van der Waals surface area contributed by atoms with Crippen LogP contribution < -0.4 is 5.32 Å². The van der Waals surface area contributed by atoms with Crippen LogP contribution >= 0.6 is 27.5 Å². The minimum absolute atomic E-state index is 0.0574. The molecule has 5 nitrogen and oxygen atoms in total. The van der Waals surface area contributed by atoms with Crippen LogP contribution in [0.3, 0.4) is 0 Å². The number of aliphatic carboxylic acids is 1.